The number of hydrogen-bond donors (Lipinski definition) is 2. The summed E-state index contributed by atoms with van der Waals surface area (Å²) < 4.78 is 1.90. The van der Waals surface area contributed by atoms with E-state index in [9.17, 15) is 4.79 Å². The van der Waals surface area contributed by atoms with Crippen LogP contribution in [0.5, 0.6) is 0 Å². The number of amides is 1. The molecule has 0 bridgehead atoms. The Balaban J connectivity index is 0.00000243. The third kappa shape index (κ3) is 4.20. The lowest BCUT2D eigenvalue weighted by molar-refractivity contribution is 0.0920. The van der Waals surface area contributed by atoms with Gasteiger partial charge in [-0.25, -0.2) is 0 Å². The number of nitrogens with one attached hydrogen (secondary N) is 1. The average Bonchev–Trinajstić information content (AvgIpc) is 3.11. The van der Waals surface area contributed by atoms with Crippen molar-refractivity contribution in [2.45, 2.75) is 32.9 Å². The lowest BCUT2D eigenvalue weighted by atomic mass is 10.1. The van der Waals surface area contributed by atoms with Crippen LogP contribution in [-0.4, -0.2) is 27.8 Å². The van der Waals surface area contributed by atoms with E-state index >= 15 is 0 Å². The number of fused-ring (bicyclic) bond motifs is 1. The van der Waals surface area contributed by atoms with Crippen molar-refractivity contribution in [1.82, 2.24) is 15.1 Å². The van der Waals surface area contributed by atoms with Gasteiger partial charge in [-0.05, 0) is 38.5 Å². The molecule has 1 aromatic carbocycles. The zero-order chi connectivity index (χ0) is 18.2. The standard InChI is InChI=1S/C18H21ClN4OS.ClH/c1-11-13-8-15(16(24)21-18(2,3)10-20)25-17(13)23(22-11)9-12-6-4-5-7-14(12)19;/h4-8H,9-10,20H2,1-3H3,(H,21,24);1H. The van der Waals surface area contributed by atoms with Crippen molar-refractivity contribution in [2.75, 3.05) is 6.54 Å². The highest BCUT2D eigenvalue weighted by Crippen LogP contribution is 2.30. The van der Waals surface area contributed by atoms with Crippen LogP contribution >= 0.6 is 35.3 Å². The van der Waals surface area contributed by atoms with Crippen LogP contribution in [0.2, 0.25) is 5.02 Å². The summed E-state index contributed by atoms with van der Waals surface area (Å²) in [5.74, 6) is -0.111. The smallest absolute Gasteiger partial charge is 0.261 e. The van der Waals surface area contributed by atoms with E-state index in [1.807, 2.05) is 55.8 Å². The molecule has 26 heavy (non-hydrogen) atoms. The van der Waals surface area contributed by atoms with Crippen molar-refractivity contribution in [2.24, 2.45) is 5.73 Å². The summed E-state index contributed by atoms with van der Waals surface area (Å²) in [6, 6.07) is 9.61. The fourth-order valence-electron chi connectivity index (χ4n) is 2.54. The van der Waals surface area contributed by atoms with Gasteiger partial charge in [-0.1, -0.05) is 29.8 Å². The number of nitrogens with two attached hydrogens (primary N) is 1. The van der Waals surface area contributed by atoms with Crippen LogP contribution in [0, 0.1) is 6.92 Å². The zero-order valence-corrected chi connectivity index (χ0v) is 17.3. The van der Waals surface area contributed by atoms with Gasteiger partial charge in [0.1, 0.15) is 4.83 Å². The van der Waals surface area contributed by atoms with Gasteiger partial charge in [0, 0.05) is 22.5 Å². The second-order valence-corrected chi connectivity index (χ2v) is 8.14. The molecular weight excluding hydrogens is 391 g/mol. The van der Waals surface area contributed by atoms with Crippen LogP contribution in [-0.2, 0) is 6.54 Å². The topological polar surface area (TPSA) is 72.9 Å². The quantitative estimate of drug-likeness (QED) is 0.664. The molecule has 140 valence electrons. The molecule has 5 nitrogen and oxygen atoms in total. The second-order valence-electron chi connectivity index (χ2n) is 6.71. The summed E-state index contributed by atoms with van der Waals surface area (Å²) in [4.78, 5) is 14.1. The molecule has 0 spiro atoms. The van der Waals surface area contributed by atoms with E-state index in [2.05, 4.69) is 10.4 Å². The van der Waals surface area contributed by atoms with Gasteiger partial charge in [0.25, 0.3) is 5.91 Å². The Hall–Kier alpha value is -1.60. The van der Waals surface area contributed by atoms with E-state index in [1.165, 1.54) is 11.3 Å². The Morgan fingerprint density at radius 1 is 1.38 bits per heavy atom. The van der Waals surface area contributed by atoms with E-state index in [0.717, 1.165) is 21.5 Å². The van der Waals surface area contributed by atoms with Crippen molar-refractivity contribution in [1.29, 1.82) is 0 Å². The number of aryl methyl sites for hydroxylation is 1. The maximum atomic E-state index is 12.5. The number of hydrogen-bond acceptors (Lipinski definition) is 4. The molecule has 3 N–H and O–H groups in total. The second kappa shape index (κ2) is 7.96. The molecule has 0 saturated carbocycles. The first-order valence-corrected chi connectivity index (χ1v) is 9.23. The molecule has 1 amide bonds. The normalized spacial score (nSPS) is 11.4. The molecule has 0 atom stereocenters. The first-order valence-electron chi connectivity index (χ1n) is 8.03. The fourth-order valence-corrected chi connectivity index (χ4v) is 3.79. The van der Waals surface area contributed by atoms with Crippen molar-refractivity contribution < 1.29 is 4.79 Å². The minimum absolute atomic E-state index is 0. The van der Waals surface area contributed by atoms with Crippen LogP contribution in [0.1, 0.15) is 34.8 Å². The molecular formula is C18H22Cl2N4OS. The van der Waals surface area contributed by atoms with Crippen LogP contribution in [0.4, 0.5) is 0 Å². The van der Waals surface area contributed by atoms with Crippen LogP contribution in [0.15, 0.2) is 30.3 Å². The summed E-state index contributed by atoms with van der Waals surface area (Å²) in [6.45, 7) is 6.71. The van der Waals surface area contributed by atoms with Crippen molar-refractivity contribution in [3.8, 4) is 0 Å². The predicted molar refractivity (Wildman–Crippen MR) is 111 cm³/mol. The monoisotopic (exact) mass is 412 g/mol. The van der Waals surface area contributed by atoms with E-state index in [4.69, 9.17) is 17.3 Å². The van der Waals surface area contributed by atoms with Crippen LogP contribution in [0.25, 0.3) is 10.2 Å². The number of thiophene rings is 1. The summed E-state index contributed by atoms with van der Waals surface area (Å²) >= 11 is 7.70. The fraction of sp³-hybridized carbons (Fsp3) is 0.333. The largest absolute Gasteiger partial charge is 0.345 e. The number of aromatic nitrogens is 2. The molecule has 0 saturated heterocycles. The summed E-state index contributed by atoms with van der Waals surface area (Å²) in [5.41, 5.74) is 7.16. The highest BCUT2D eigenvalue weighted by atomic mass is 35.5. The third-order valence-corrected chi connectivity index (χ3v) is 5.59. The molecule has 8 heteroatoms. The molecule has 0 aliphatic rings. The Morgan fingerprint density at radius 2 is 2.08 bits per heavy atom. The van der Waals surface area contributed by atoms with Crippen molar-refractivity contribution in [3.63, 3.8) is 0 Å². The lowest BCUT2D eigenvalue weighted by Gasteiger charge is -2.23. The van der Waals surface area contributed by atoms with E-state index in [1.54, 1.807) is 0 Å². The van der Waals surface area contributed by atoms with E-state index in [-0.39, 0.29) is 18.3 Å². The Bertz CT molecular complexity index is 933. The molecule has 3 rings (SSSR count). The first kappa shape index (κ1) is 20.7. The Kier molecular flexibility index (Phi) is 6.34. The molecule has 2 heterocycles. The van der Waals surface area contributed by atoms with Crippen LogP contribution in [0.3, 0.4) is 0 Å². The van der Waals surface area contributed by atoms with Gasteiger partial charge in [0.2, 0.25) is 0 Å². The Labute approximate surface area is 167 Å². The van der Waals surface area contributed by atoms with Gasteiger partial charge < -0.3 is 11.1 Å². The summed E-state index contributed by atoms with van der Waals surface area (Å²) in [7, 11) is 0. The number of halogens is 2. The molecule has 0 fully saturated rings. The molecule has 2 aromatic heterocycles. The highest BCUT2D eigenvalue weighted by Gasteiger charge is 2.22. The Morgan fingerprint density at radius 3 is 2.73 bits per heavy atom. The van der Waals surface area contributed by atoms with Gasteiger partial charge in [0.15, 0.2) is 0 Å². The van der Waals surface area contributed by atoms with Gasteiger partial charge in [0.05, 0.1) is 17.1 Å². The maximum absolute atomic E-state index is 12.5. The average molecular weight is 413 g/mol. The van der Waals surface area contributed by atoms with E-state index in [0.29, 0.717) is 23.0 Å². The maximum Gasteiger partial charge on any atom is 0.261 e. The number of benzene rings is 1. The third-order valence-electron chi connectivity index (χ3n) is 4.07. The molecule has 0 aliphatic heterocycles. The van der Waals surface area contributed by atoms with E-state index < -0.39 is 5.54 Å². The van der Waals surface area contributed by atoms with Gasteiger partial charge in [-0.3, -0.25) is 9.48 Å². The number of carbonyl (C=O) groups excluding carboxylic acids is 1. The molecule has 0 radical (unpaired) electrons. The summed E-state index contributed by atoms with van der Waals surface area (Å²) in [6.07, 6.45) is 0. The molecule has 0 unspecified atom stereocenters. The first-order chi connectivity index (χ1) is 11.8. The SMILES string of the molecule is Cc1nn(Cc2ccccc2Cl)c2sc(C(=O)NC(C)(C)CN)cc12.Cl. The van der Waals surface area contributed by atoms with Crippen LogP contribution < -0.4 is 11.1 Å². The van der Waals surface area contributed by atoms with Gasteiger partial charge >= 0.3 is 0 Å². The van der Waals surface area contributed by atoms with Crippen molar-refractivity contribution in [3.05, 3.63) is 51.5 Å². The minimum atomic E-state index is -0.439. The number of carbonyl (C=O) groups is 1. The number of nitrogens with zero attached hydrogens (tertiary/aromatic N) is 2. The van der Waals surface area contributed by atoms with Crippen molar-refractivity contribution >= 4 is 51.5 Å². The predicted octanol–water partition coefficient (Wildman–Crippen LogP) is 4.00. The molecule has 3 aromatic rings. The number of rotatable bonds is 5. The van der Waals surface area contributed by atoms with Gasteiger partial charge in [-0.15, -0.1) is 23.7 Å². The highest BCUT2D eigenvalue weighted by molar-refractivity contribution is 7.20. The molecule has 0 aliphatic carbocycles. The lowest BCUT2D eigenvalue weighted by Crippen LogP contribution is -2.48. The summed E-state index contributed by atoms with van der Waals surface area (Å²) in [5, 5.41) is 9.26. The zero-order valence-electron chi connectivity index (χ0n) is 14.9. The van der Waals surface area contributed by atoms with Gasteiger partial charge in [-0.2, -0.15) is 5.10 Å². The minimum Gasteiger partial charge on any atom is -0.345 e.